The molecule has 3 rings (SSSR count). The lowest BCUT2D eigenvalue weighted by molar-refractivity contribution is 0.647. The zero-order chi connectivity index (χ0) is 18.0. The first-order valence-electron chi connectivity index (χ1n) is 8.73. The maximum Gasteiger partial charge on any atom is 0.146 e. The van der Waals surface area contributed by atoms with Crippen molar-refractivity contribution in [2.45, 2.75) is 40.0 Å². The molecule has 4 heteroatoms. The molecule has 0 aliphatic heterocycles. The molecule has 0 bridgehead atoms. The van der Waals surface area contributed by atoms with Gasteiger partial charge in [-0.25, -0.2) is 4.98 Å². The van der Waals surface area contributed by atoms with Crippen molar-refractivity contribution in [3.63, 3.8) is 0 Å². The van der Waals surface area contributed by atoms with Crippen LogP contribution in [-0.2, 0) is 6.42 Å². The number of rotatable bonds is 5. The lowest BCUT2D eigenvalue weighted by Gasteiger charge is -2.15. The molecular formula is C21H24BrN3. The summed E-state index contributed by atoms with van der Waals surface area (Å²) in [7, 11) is 0. The topological polar surface area (TPSA) is 30.7 Å². The Balaban J connectivity index is 2.07. The van der Waals surface area contributed by atoms with Crippen LogP contribution in [0.15, 0.2) is 53.5 Å². The van der Waals surface area contributed by atoms with Crippen molar-refractivity contribution >= 4 is 15.9 Å². The van der Waals surface area contributed by atoms with E-state index in [9.17, 15) is 0 Å². The van der Waals surface area contributed by atoms with Crippen LogP contribution in [0, 0.1) is 5.92 Å². The average molecular weight is 398 g/mol. The fourth-order valence-electron chi connectivity index (χ4n) is 3.09. The van der Waals surface area contributed by atoms with Gasteiger partial charge in [-0.15, -0.1) is 0 Å². The molecule has 0 aliphatic rings. The van der Waals surface area contributed by atoms with E-state index in [1.807, 2.05) is 24.8 Å². The van der Waals surface area contributed by atoms with Gasteiger partial charge in [0, 0.05) is 40.5 Å². The Hall–Kier alpha value is -1.94. The Labute approximate surface area is 158 Å². The highest BCUT2D eigenvalue weighted by Gasteiger charge is 2.14. The van der Waals surface area contributed by atoms with Gasteiger partial charge in [0.05, 0.1) is 0 Å². The molecule has 2 heterocycles. The standard InChI is InChI=1S/C21H24BrN3/c1-14(2)11-16-7-8-23-13-19(16)21-24-9-10-25(21)17-5-6-18(15(3)4)20(22)12-17/h5-10,12-15H,11H2,1-4H3. The van der Waals surface area contributed by atoms with Crippen LogP contribution < -0.4 is 0 Å². The molecule has 130 valence electrons. The third-order valence-corrected chi connectivity index (χ3v) is 4.99. The molecule has 25 heavy (non-hydrogen) atoms. The lowest BCUT2D eigenvalue weighted by Crippen LogP contribution is -2.03. The SMILES string of the molecule is CC(C)Cc1ccncc1-c1nccn1-c1ccc(C(C)C)c(Br)c1. The Bertz CT molecular complexity index is 865. The van der Waals surface area contributed by atoms with Crippen molar-refractivity contribution in [2.75, 3.05) is 0 Å². The minimum absolute atomic E-state index is 0.488. The molecule has 0 aliphatic carbocycles. The van der Waals surface area contributed by atoms with Gasteiger partial charge in [-0.3, -0.25) is 9.55 Å². The van der Waals surface area contributed by atoms with Crippen LogP contribution in [0.2, 0.25) is 0 Å². The zero-order valence-corrected chi connectivity index (χ0v) is 16.8. The number of hydrogen-bond acceptors (Lipinski definition) is 2. The van der Waals surface area contributed by atoms with Gasteiger partial charge in [0.1, 0.15) is 5.82 Å². The van der Waals surface area contributed by atoms with Gasteiger partial charge < -0.3 is 0 Å². The number of halogens is 1. The molecule has 3 nitrogen and oxygen atoms in total. The minimum Gasteiger partial charge on any atom is -0.300 e. The summed E-state index contributed by atoms with van der Waals surface area (Å²) in [6.45, 7) is 8.88. The van der Waals surface area contributed by atoms with Crippen molar-refractivity contribution in [2.24, 2.45) is 5.92 Å². The lowest BCUT2D eigenvalue weighted by atomic mass is 9.99. The molecule has 0 atom stereocenters. The summed E-state index contributed by atoms with van der Waals surface area (Å²) < 4.78 is 3.27. The molecule has 0 unspecified atom stereocenters. The molecule has 0 radical (unpaired) electrons. The predicted octanol–water partition coefficient (Wildman–Crippen LogP) is 6.02. The number of aromatic nitrogens is 3. The Morgan fingerprint density at radius 2 is 1.88 bits per heavy atom. The minimum atomic E-state index is 0.488. The molecule has 0 amide bonds. The van der Waals surface area contributed by atoms with Crippen LogP contribution in [0.4, 0.5) is 0 Å². The maximum atomic E-state index is 4.63. The number of imidazole rings is 1. The van der Waals surface area contributed by atoms with Crippen molar-refractivity contribution in [3.05, 3.63) is 64.7 Å². The van der Waals surface area contributed by atoms with Crippen molar-refractivity contribution in [1.82, 2.24) is 14.5 Å². The molecule has 3 aromatic rings. The van der Waals surface area contributed by atoms with E-state index in [0.717, 1.165) is 28.0 Å². The van der Waals surface area contributed by atoms with E-state index in [1.165, 1.54) is 11.1 Å². The fraction of sp³-hybridized carbons (Fsp3) is 0.333. The second-order valence-corrected chi connectivity index (χ2v) is 7.97. The Morgan fingerprint density at radius 3 is 2.56 bits per heavy atom. The van der Waals surface area contributed by atoms with Gasteiger partial charge in [0.2, 0.25) is 0 Å². The molecule has 0 saturated carbocycles. The van der Waals surface area contributed by atoms with E-state index in [2.05, 4.69) is 82.4 Å². The quantitative estimate of drug-likeness (QED) is 0.526. The second kappa shape index (κ2) is 7.52. The van der Waals surface area contributed by atoms with E-state index in [0.29, 0.717) is 11.8 Å². The van der Waals surface area contributed by atoms with Crippen LogP contribution in [0.3, 0.4) is 0 Å². The second-order valence-electron chi connectivity index (χ2n) is 7.11. The summed E-state index contributed by atoms with van der Waals surface area (Å²) in [4.78, 5) is 8.96. The number of nitrogens with zero attached hydrogens (tertiary/aromatic N) is 3. The number of benzene rings is 1. The molecule has 0 N–H and O–H groups in total. The van der Waals surface area contributed by atoms with Crippen molar-refractivity contribution < 1.29 is 0 Å². The summed E-state index contributed by atoms with van der Waals surface area (Å²) in [5.41, 5.74) is 4.80. The average Bonchev–Trinajstić information content (AvgIpc) is 3.03. The maximum absolute atomic E-state index is 4.63. The molecular weight excluding hydrogens is 374 g/mol. The smallest absolute Gasteiger partial charge is 0.146 e. The zero-order valence-electron chi connectivity index (χ0n) is 15.2. The van der Waals surface area contributed by atoms with Crippen molar-refractivity contribution in [1.29, 1.82) is 0 Å². The third kappa shape index (κ3) is 3.84. The highest BCUT2D eigenvalue weighted by Crippen LogP contribution is 2.30. The molecule has 0 saturated heterocycles. The summed E-state index contributed by atoms with van der Waals surface area (Å²) in [5.74, 6) is 2.01. The summed E-state index contributed by atoms with van der Waals surface area (Å²) >= 11 is 3.72. The summed E-state index contributed by atoms with van der Waals surface area (Å²) in [6, 6.07) is 8.61. The first kappa shape index (κ1) is 17.9. The monoisotopic (exact) mass is 397 g/mol. The van der Waals surface area contributed by atoms with Crippen LogP contribution in [0.5, 0.6) is 0 Å². The van der Waals surface area contributed by atoms with Gasteiger partial charge in [0.15, 0.2) is 0 Å². The van der Waals surface area contributed by atoms with E-state index < -0.39 is 0 Å². The normalized spacial score (nSPS) is 11.5. The van der Waals surface area contributed by atoms with Gasteiger partial charge in [-0.2, -0.15) is 0 Å². The van der Waals surface area contributed by atoms with Gasteiger partial charge >= 0.3 is 0 Å². The fourth-order valence-corrected chi connectivity index (χ4v) is 3.91. The number of pyridine rings is 1. The molecule has 0 fully saturated rings. The summed E-state index contributed by atoms with van der Waals surface area (Å²) in [6.07, 6.45) is 8.67. The van der Waals surface area contributed by atoms with Gasteiger partial charge in [-0.05, 0) is 47.6 Å². The van der Waals surface area contributed by atoms with Gasteiger partial charge in [-0.1, -0.05) is 49.7 Å². The van der Waals surface area contributed by atoms with E-state index in [1.54, 1.807) is 0 Å². The largest absolute Gasteiger partial charge is 0.300 e. The van der Waals surface area contributed by atoms with Gasteiger partial charge in [0.25, 0.3) is 0 Å². The molecule has 2 aromatic heterocycles. The Morgan fingerprint density at radius 1 is 1.08 bits per heavy atom. The van der Waals surface area contributed by atoms with E-state index in [-0.39, 0.29) is 0 Å². The molecule has 0 spiro atoms. The van der Waals surface area contributed by atoms with Crippen LogP contribution >= 0.6 is 15.9 Å². The van der Waals surface area contributed by atoms with Crippen LogP contribution in [-0.4, -0.2) is 14.5 Å². The van der Waals surface area contributed by atoms with E-state index in [4.69, 9.17) is 0 Å². The van der Waals surface area contributed by atoms with E-state index >= 15 is 0 Å². The Kier molecular flexibility index (Phi) is 5.38. The van der Waals surface area contributed by atoms with Crippen LogP contribution in [0.1, 0.15) is 44.7 Å². The predicted molar refractivity (Wildman–Crippen MR) is 107 cm³/mol. The molecule has 1 aromatic carbocycles. The van der Waals surface area contributed by atoms with Crippen LogP contribution in [0.25, 0.3) is 17.1 Å². The number of hydrogen-bond donors (Lipinski definition) is 0. The first-order chi connectivity index (χ1) is 12.0. The first-order valence-corrected chi connectivity index (χ1v) is 9.53. The van der Waals surface area contributed by atoms with Crippen molar-refractivity contribution in [3.8, 4) is 17.1 Å². The summed E-state index contributed by atoms with van der Waals surface area (Å²) in [5, 5.41) is 0. The highest BCUT2D eigenvalue weighted by atomic mass is 79.9. The highest BCUT2D eigenvalue weighted by molar-refractivity contribution is 9.10. The third-order valence-electron chi connectivity index (χ3n) is 4.31.